The largest absolute Gasteiger partial charge is 0.465 e. The molecule has 4 nitrogen and oxygen atoms in total. The average Bonchev–Trinajstić information content (AvgIpc) is 2.46. The second kappa shape index (κ2) is 6.45. The summed E-state index contributed by atoms with van der Waals surface area (Å²) in [6.07, 6.45) is 7.60. The lowest BCUT2D eigenvalue weighted by molar-refractivity contribution is -0.173. The second-order valence-corrected chi connectivity index (χ2v) is 8.05. The summed E-state index contributed by atoms with van der Waals surface area (Å²) in [6, 6.07) is 0. The lowest BCUT2D eigenvalue weighted by Gasteiger charge is -2.59. The number of hydrogen-bond donors (Lipinski definition) is 0. The smallest absolute Gasteiger partial charge is 0.320 e. The molecule has 4 rings (SSSR count). The van der Waals surface area contributed by atoms with Crippen molar-refractivity contribution < 1.29 is 19.1 Å². The van der Waals surface area contributed by atoms with Crippen LogP contribution in [0.5, 0.6) is 0 Å². The minimum atomic E-state index is -0.758. The minimum absolute atomic E-state index is 0.00833. The van der Waals surface area contributed by atoms with E-state index in [1.165, 1.54) is 38.5 Å². The molecule has 0 aromatic heterocycles. The molecule has 4 aliphatic rings. The zero-order valence-corrected chi connectivity index (χ0v) is 14.7. The molecule has 0 radical (unpaired) electrons. The van der Waals surface area contributed by atoms with Crippen molar-refractivity contribution in [3.05, 3.63) is 0 Å². The van der Waals surface area contributed by atoms with Gasteiger partial charge in [0, 0.05) is 0 Å². The van der Waals surface area contributed by atoms with Gasteiger partial charge in [0.05, 0.1) is 13.2 Å². The van der Waals surface area contributed by atoms with Crippen LogP contribution in [0.25, 0.3) is 0 Å². The number of carbonyl (C=O) groups is 2. The molecule has 23 heavy (non-hydrogen) atoms. The second-order valence-electron chi connectivity index (χ2n) is 8.05. The molecule has 0 aromatic carbocycles. The van der Waals surface area contributed by atoms with Gasteiger partial charge in [0.2, 0.25) is 0 Å². The van der Waals surface area contributed by atoms with Crippen LogP contribution in [0.3, 0.4) is 0 Å². The summed E-state index contributed by atoms with van der Waals surface area (Å²) in [5.41, 5.74) is 0.138. The molecule has 130 valence electrons. The minimum Gasteiger partial charge on any atom is -0.465 e. The van der Waals surface area contributed by atoms with E-state index >= 15 is 0 Å². The Morgan fingerprint density at radius 3 is 1.65 bits per heavy atom. The summed E-state index contributed by atoms with van der Waals surface area (Å²) < 4.78 is 10.4. The summed E-state index contributed by atoms with van der Waals surface area (Å²) in [5, 5.41) is 0. The van der Waals surface area contributed by atoms with Gasteiger partial charge >= 0.3 is 11.9 Å². The van der Waals surface area contributed by atoms with Crippen LogP contribution in [0, 0.1) is 35.0 Å². The number of carbonyl (C=O) groups excluding carboxylic acids is 2. The van der Waals surface area contributed by atoms with Crippen molar-refractivity contribution in [1.82, 2.24) is 0 Å². The van der Waals surface area contributed by atoms with Gasteiger partial charge in [0.15, 0.2) is 5.92 Å². The molecule has 0 aliphatic heterocycles. The van der Waals surface area contributed by atoms with E-state index < -0.39 is 17.9 Å². The van der Waals surface area contributed by atoms with Gasteiger partial charge in [0.25, 0.3) is 0 Å². The lowest BCUT2D eigenvalue weighted by atomic mass is 9.45. The maximum atomic E-state index is 12.5. The molecule has 4 fully saturated rings. The van der Waals surface area contributed by atoms with E-state index in [0.717, 1.165) is 17.8 Å². The number of rotatable bonds is 6. The van der Waals surface area contributed by atoms with Gasteiger partial charge in [-0.15, -0.1) is 0 Å². The fourth-order valence-electron chi connectivity index (χ4n) is 6.06. The normalized spacial score (nSPS) is 36.1. The Labute approximate surface area is 139 Å². The molecule has 0 N–H and O–H groups in total. The van der Waals surface area contributed by atoms with Gasteiger partial charge in [0.1, 0.15) is 0 Å². The van der Waals surface area contributed by atoms with E-state index in [9.17, 15) is 9.59 Å². The Balaban J connectivity index is 1.83. The summed E-state index contributed by atoms with van der Waals surface area (Å²) in [7, 11) is 0. The SMILES string of the molecule is CCOC(=O)C(C(=O)OCC)C(C)C12CC3CC(CC(C3)C1)C2. The van der Waals surface area contributed by atoms with Crippen LogP contribution in [0.2, 0.25) is 0 Å². The first-order valence-corrected chi connectivity index (χ1v) is 9.32. The Kier molecular flexibility index (Phi) is 4.70. The highest BCUT2D eigenvalue weighted by atomic mass is 16.6. The van der Waals surface area contributed by atoms with Crippen molar-refractivity contribution >= 4 is 11.9 Å². The highest BCUT2D eigenvalue weighted by Gasteiger charge is 2.56. The molecule has 4 heteroatoms. The maximum Gasteiger partial charge on any atom is 0.320 e. The molecule has 0 saturated heterocycles. The van der Waals surface area contributed by atoms with Gasteiger partial charge in [-0.25, -0.2) is 0 Å². The highest BCUT2D eigenvalue weighted by Crippen LogP contribution is 2.63. The van der Waals surface area contributed by atoms with Crippen molar-refractivity contribution in [3.8, 4) is 0 Å². The third-order valence-corrected chi connectivity index (χ3v) is 6.63. The third-order valence-electron chi connectivity index (χ3n) is 6.63. The molecule has 0 spiro atoms. The molecule has 4 saturated carbocycles. The Morgan fingerprint density at radius 2 is 1.30 bits per heavy atom. The summed E-state index contributed by atoms with van der Waals surface area (Å²) in [5.74, 6) is 0.861. The number of ether oxygens (including phenoxy) is 2. The topological polar surface area (TPSA) is 52.6 Å². The van der Waals surface area contributed by atoms with Crippen LogP contribution in [-0.2, 0) is 19.1 Å². The lowest BCUT2D eigenvalue weighted by Crippen LogP contribution is -2.52. The molecule has 0 amide bonds. The Bertz CT molecular complexity index is 417. The van der Waals surface area contributed by atoms with Crippen molar-refractivity contribution in [3.63, 3.8) is 0 Å². The third kappa shape index (κ3) is 3.01. The Morgan fingerprint density at radius 1 is 0.913 bits per heavy atom. The first-order valence-electron chi connectivity index (χ1n) is 9.32. The van der Waals surface area contributed by atoms with E-state index in [-0.39, 0.29) is 11.3 Å². The molecule has 1 unspecified atom stereocenters. The van der Waals surface area contributed by atoms with Crippen LogP contribution in [0.4, 0.5) is 0 Å². The van der Waals surface area contributed by atoms with Gasteiger partial charge in [-0.3, -0.25) is 9.59 Å². The van der Waals surface area contributed by atoms with Crippen LogP contribution < -0.4 is 0 Å². The molecule has 0 heterocycles. The highest BCUT2D eigenvalue weighted by molar-refractivity contribution is 5.95. The van der Waals surface area contributed by atoms with Crippen molar-refractivity contribution in [2.45, 2.75) is 59.3 Å². The fourth-order valence-corrected chi connectivity index (χ4v) is 6.06. The number of hydrogen-bond acceptors (Lipinski definition) is 4. The quantitative estimate of drug-likeness (QED) is 0.554. The van der Waals surface area contributed by atoms with E-state index in [1.54, 1.807) is 13.8 Å². The standard InChI is InChI=1S/C19H30O4/c1-4-22-17(20)16(18(21)23-5-2)12(3)19-9-13-6-14(10-19)8-15(7-13)11-19/h12-16H,4-11H2,1-3H3. The molecule has 4 aliphatic carbocycles. The Hall–Kier alpha value is -1.06. The van der Waals surface area contributed by atoms with Gasteiger partial charge < -0.3 is 9.47 Å². The van der Waals surface area contributed by atoms with E-state index in [2.05, 4.69) is 6.92 Å². The first kappa shape index (κ1) is 16.8. The molecule has 4 bridgehead atoms. The zero-order chi connectivity index (χ0) is 16.6. The van der Waals surface area contributed by atoms with E-state index in [4.69, 9.17) is 9.47 Å². The number of esters is 2. The summed E-state index contributed by atoms with van der Waals surface area (Å²) >= 11 is 0. The predicted octanol–water partition coefficient (Wildman–Crippen LogP) is 3.58. The van der Waals surface area contributed by atoms with E-state index in [1.807, 2.05) is 0 Å². The van der Waals surface area contributed by atoms with Crippen LogP contribution in [0.1, 0.15) is 59.3 Å². The van der Waals surface area contributed by atoms with Crippen molar-refractivity contribution in [2.75, 3.05) is 13.2 Å². The van der Waals surface area contributed by atoms with Gasteiger partial charge in [-0.1, -0.05) is 6.92 Å². The van der Waals surface area contributed by atoms with Gasteiger partial charge in [-0.2, -0.15) is 0 Å². The van der Waals surface area contributed by atoms with E-state index in [0.29, 0.717) is 13.2 Å². The zero-order valence-electron chi connectivity index (χ0n) is 14.7. The molecule has 1 atom stereocenters. The van der Waals surface area contributed by atoms with Crippen LogP contribution in [-0.4, -0.2) is 25.2 Å². The first-order chi connectivity index (χ1) is 11.0. The van der Waals surface area contributed by atoms with Crippen molar-refractivity contribution in [1.29, 1.82) is 0 Å². The summed E-state index contributed by atoms with van der Waals surface area (Å²) in [4.78, 5) is 24.9. The van der Waals surface area contributed by atoms with Crippen LogP contribution >= 0.6 is 0 Å². The predicted molar refractivity (Wildman–Crippen MR) is 86.5 cm³/mol. The van der Waals surface area contributed by atoms with Crippen LogP contribution in [0.15, 0.2) is 0 Å². The van der Waals surface area contributed by atoms with Gasteiger partial charge in [-0.05, 0) is 81.5 Å². The maximum absolute atomic E-state index is 12.5. The molecular weight excluding hydrogens is 292 g/mol. The average molecular weight is 322 g/mol. The molecular formula is C19H30O4. The molecule has 0 aromatic rings. The van der Waals surface area contributed by atoms with Crippen molar-refractivity contribution in [2.24, 2.45) is 35.0 Å². The monoisotopic (exact) mass is 322 g/mol. The fraction of sp³-hybridized carbons (Fsp3) is 0.895. The summed E-state index contributed by atoms with van der Waals surface area (Å²) in [6.45, 7) is 6.28.